The van der Waals surface area contributed by atoms with Crippen LogP contribution in [0.1, 0.15) is 29.2 Å². The third kappa shape index (κ3) is 5.74. The maximum absolute atomic E-state index is 15.4. The summed E-state index contributed by atoms with van der Waals surface area (Å²) in [6.45, 7) is 0.0242. The Morgan fingerprint density at radius 2 is 1.66 bits per heavy atom. The van der Waals surface area contributed by atoms with E-state index < -0.39 is 57.5 Å². The summed E-state index contributed by atoms with van der Waals surface area (Å²) in [5.74, 6) is -2.84. The van der Waals surface area contributed by atoms with Crippen molar-refractivity contribution in [3.63, 3.8) is 0 Å². The van der Waals surface area contributed by atoms with E-state index in [1.807, 2.05) is 0 Å². The second kappa shape index (κ2) is 11.0. The Morgan fingerprint density at radius 3 is 2.20 bits per heavy atom. The molecular weight excluding hydrogens is 605 g/mol. The highest BCUT2D eigenvalue weighted by Crippen LogP contribution is 2.54. The van der Waals surface area contributed by atoms with E-state index in [2.05, 4.69) is 5.32 Å². The highest BCUT2D eigenvalue weighted by atomic mass is 35.5. The fourth-order valence-electron chi connectivity index (χ4n) is 4.97. The van der Waals surface area contributed by atoms with Crippen molar-refractivity contribution >= 4 is 33.7 Å². The van der Waals surface area contributed by atoms with Crippen LogP contribution >= 0.6 is 12.4 Å². The minimum Gasteiger partial charge on any atom is -0.372 e. The van der Waals surface area contributed by atoms with Crippen LogP contribution in [0, 0.1) is 0 Å². The summed E-state index contributed by atoms with van der Waals surface area (Å²) < 4.78 is 124. The van der Waals surface area contributed by atoms with Crippen LogP contribution in [0.4, 0.5) is 30.7 Å². The Bertz CT molecular complexity index is 1480. The smallest absolute Gasteiger partial charge is 0.372 e. The van der Waals surface area contributed by atoms with Crippen LogP contribution in [0.25, 0.3) is 5.57 Å². The van der Waals surface area contributed by atoms with E-state index in [0.29, 0.717) is 17.7 Å². The average Bonchev–Trinajstić information content (AvgIpc) is 2.86. The molecule has 15 heteroatoms. The molecule has 2 aromatic carbocycles. The SMILES string of the molecule is CS(=O)(=O)c1ccc2c(c1)CCNC2C(=O)NC1(C(O)(C(F)(F)F)C(F)(F)F)C=CC(c2ccccc2)=C(F)C1.Cl. The van der Waals surface area contributed by atoms with Crippen LogP contribution in [0.3, 0.4) is 0 Å². The average molecular weight is 629 g/mol. The van der Waals surface area contributed by atoms with Crippen molar-refractivity contribution in [2.45, 2.75) is 47.3 Å². The standard InChI is InChI=1S/C26H23F7N2O4S.ClH/c1-40(38,39)17-7-8-19-16(13-17)10-12-34-21(19)22(36)35-23(24(37,25(28,29)30)26(31,32)33)11-9-18(20(27)14-23)15-5-3-2-4-6-15;/h2-9,11,13,21,34,37H,10,12,14H2,1H3,(H,35,36);1H. The lowest BCUT2D eigenvalue weighted by Crippen LogP contribution is -2.76. The van der Waals surface area contributed by atoms with Gasteiger partial charge < -0.3 is 15.7 Å². The molecule has 1 amide bonds. The van der Waals surface area contributed by atoms with E-state index in [4.69, 9.17) is 0 Å². The van der Waals surface area contributed by atoms with E-state index in [-0.39, 0.29) is 47.0 Å². The zero-order valence-corrected chi connectivity index (χ0v) is 22.7. The molecule has 0 saturated heterocycles. The molecule has 224 valence electrons. The molecule has 2 aromatic rings. The predicted molar refractivity (Wildman–Crippen MR) is 137 cm³/mol. The van der Waals surface area contributed by atoms with E-state index in [1.54, 1.807) is 11.4 Å². The van der Waals surface area contributed by atoms with Crippen molar-refractivity contribution in [1.82, 2.24) is 10.6 Å². The van der Waals surface area contributed by atoms with Gasteiger partial charge in [0.15, 0.2) is 9.84 Å². The van der Waals surface area contributed by atoms with Gasteiger partial charge in [0, 0.05) is 24.8 Å². The van der Waals surface area contributed by atoms with Gasteiger partial charge in [-0.05, 0) is 35.2 Å². The number of benzene rings is 2. The van der Waals surface area contributed by atoms with Crippen molar-refractivity contribution < 1.29 is 49.1 Å². The molecule has 0 aromatic heterocycles. The molecular formula is C26H24ClF7N2O4S. The molecule has 1 aliphatic carbocycles. The summed E-state index contributed by atoms with van der Waals surface area (Å²) in [6, 6.07) is 9.41. The number of allylic oxidation sites excluding steroid dienone is 2. The van der Waals surface area contributed by atoms with Crippen LogP contribution in [0.15, 0.2) is 71.4 Å². The fraction of sp³-hybridized carbons (Fsp3) is 0.346. The number of fused-ring (bicyclic) bond motifs is 1. The Morgan fingerprint density at radius 1 is 1.05 bits per heavy atom. The molecule has 0 fully saturated rings. The molecule has 0 spiro atoms. The quantitative estimate of drug-likeness (QED) is 0.416. The van der Waals surface area contributed by atoms with Gasteiger partial charge >= 0.3 is 12.4 Å². The van der Waals surface area contributed by atoms with Crippen molar-refractivity contribution in [2.75, 3.05) is 12.8 Å². The highest BCUT2D eigenvalue weighted by Gasteiger charge is 2.79. The number of amides is 1. The maximum atomic E-state index is 15.4. The summed E-state index contributed by atoms with van der Waals surface area (Å²) >= 11 is 0. The minimum absolute atomic E-state index is 0. The van der Waals surface area contributed by atoms with E-state index in [0.717, 1.165) is 12.3 Å². The van der Waals surface area contributed by atoms with E-state index in [1.165, 1.54) is 36.4 Å². The summed E-state index contributed by atoms with van der Waals surface area (Å²) in [5, 5.41) is 14.8. The van der Waals surface area contributed by atoms with Crippen LogP contribution in [0.5, 0.6) is 0 Å². The normalized spacial score (nSPS) is 21.6. The van der Waals surface area contributed by atoms with Crippen molar-refractivity contribution in [3.8, 4) is 0 Å². The number of hydrogen-bond donors (Lipinski definition) is 3. The molecule has 3 N–H and O–H groups in total. The van der Waals surface area contributed by atoms with E-state index >= 15 is 4.39 Å². The number of aliphatic hydroxyl groups is 1. The van der Waals surface area contributed by atoms with Crippen molar-refractivity contribution in [3.05, 3.63) is 83.2 Å². The number of rotatable bonds is 5. The molecule has 0 saturated carbocycles. The first-order valence-electron chi connectivity index (χ1n) is 11.8. The van der Waals surface area contributed by atoms with Gasteiger partial charge in [0.1, 0.15) is 17.4 Å². The molecule has 2 aliphatic rings. The molecule has 1 aliphatic heterocycles. The molecule has 2 unspecified atom stereocenters. The summed E-state index contributed by atoms with van der Waals surface area (Å²) in [5.41, 5.74) is -9.04. The van der Waals surface area contributed by atoms with Crippen LogP contribution < -0.4 is 10.6 Å². The number of halogens is 8. The van der Waals surface area contributed by atoms with Gasteiger partial charge in [-0.15, -0.1) is 12.4 Å². The first-order chi connectivity index (χ1) is 18.4. The van der Waals surface area contributed by atoms with Gasteiger partial charge in [-0.3, -0.25) is 4.79 Å². The number of sulfone groups is 1. The monoisotopic (exact) mass is 628 g/mol. The van der Waals surface area contributed by atoms with Crippen molar-refractivity contribution in [2.24, 2.45) is 0 Å². The van der Waals surface area contributed by atoms with E-state index in [9.17, 15) is 44.7 Å². The number of carbonyl (C=O) groups is 1. The lowest BCUT2D eigenvalue weighted by Gasteiger charge is -2.48. The van der Waals surface area contributed by atoms with Gasteiger partial charge in [0.25, 0.3) is 5.60 Å². The molecule has 0 bridgehead atoms. The second-order valence-corrected chi connectivity index (χ2v) is 11.6. The lowest BCUT2D eigenvalue weighted by atomic mass is 9.71. The topological polar surface area (TPSA) is 95.5 Å². The number of carbonyl (C=O) groups excluding carboxylic acids is 1. The predicted octanol–water partition coefficient (Wildman–Crippen LogP) is 4.75. The van der Waals surface area contributed by atoms with Crippen LogP contribution in [-0.4, -0.2) is 55.7 Å². The summed E-state index contributed by atoms with van der Waals surface area (Å²) in [4.78, 5) is 13.3. The Hall–Kier alpha value is -2.94. The third-order valence-electron chi connectivity index (χ3n) is 7.02. The van der Waals surface area contributed by atoms with Gasteiger partial charge in [-0.1, -0.05) is 48.6 Å². The second-order valence-electron chi connectivity index (χ2n) is 9.63. The first-order valence-corrected chi connectivity index (χ1v) is 13.7. The lowest BCUT2D eigenvalue weighted by molar-refractivity contribution is -0.385. The third-order valence-corrected chi connectivity index (χ3v) is 8.13. The molecule has 6 nitrogen and oxygen atoms in total. The summed E-state index contributed by atoms with van der Waals surface area (Å²) in [7, 11) is -3.65. The maximum Gasteiger partial charge on any atom is 0.429 e. The number of alkyl halides is 6. The van der Waals surface area contributed by atoms with Crippen LogP contribution in [0.2, 0.25) is 0 Å². The molecule has 0 radical (unpaired) electrons. The first kappa shape index (κ1) is 32.6. The molecule has 2 atom stereocenters. The Labute approximate surface area is 236 Å². The van der Waals surface area contributed by atoms with Crippen molar-refractivity contribution in [1.29, 1.82) is 0 Å². The number of nitrogens with one attached hydrogen (secondary N) is 2. The zero-order chi connectivity index (χ0) is 29.7. The Balaban J connectivity index is 0.00000462. The van der Waals surface area contributed by atoms with Gasteiger partial charge in [0.2, 0.25) is 5.91 Å². The largest absolute Gasteiger partial charge is 0.429 e. The van der Waals surface area contributed by atoms with Gasteiger partial charge in [-0.25, -0.2) is 12.8 Å². The molecule has 4 rings (SSSR count). The highest BCUT2D eigenvalue weighted by molar-refractivity contribution is 7.90. The number of hydrogen-bond acceptors (Lipinski definition) is 5. The minimum atomic E-state index is -6.39. The van der Waals surface area contributed by atoms with Gasteiger partial charge in [-0.2, -0.15) is 26.3 Å². The Kier molecular flexibility index (Phi) is 8.77. The van der Waals surface area contributed by atoms with Gasteiger partial charge in [0.05, 0.1) is 4.90 Å². The van der Waals surface area contributed by atoms with Crippen LogP contribution in [-0.2, 0) is 21.1 Å². The molecule has 1 heterocycles. The molecule has 41 heavy (non-hydrogen) atoms. The fourth-order valence-corrected chi connectivity index (χ4v) is 5.65. The summed E-state index contributed by atoms with van der Waals surface area (Å²) in [6.07, 6.45) is -12.3. The zero-order valence-electron chi connectivity index (χ0n) is 21.1.